The summed E-state index contributed by atoms with van der Waals surface area (Å²) in [5, 5.41) is 4.67. The molecule has 0 aromatic rings. The third kappa shape index (κ3) is 2.69. The quantitative estimate of drug-likeness (QED) is 0.649. The zero-order chi connectivity index (χ0) is 10.3. The van der Waals surface area contributed by atoms with Gasteiger partial charge < -0.3 is 5.73 Å². The summed E-state index contributed by atoms with van der Waals surface area (Å²) >= 11 is 0. The highest BCUT2D eigenvalue weighted by molar-refractivity contribution is 5.77. The van der Waals surface area contributed by atoms with Gasteiger partial charge in [-0.25, -0.2) is 5.32 Å². The van der Waals surface area contributed by atoms with E-state index in [-0.39, 0.29) is 22.9 Å². The number of carbonyl (C=O) groups excluding carboxylic acids is 1. The van der Waals surface area contributed by atoms with E-state index in [1.54, 1.807) is 0 Å². The van der Waals surface area contributed by atoms with Gasteiger partial charge in [0.15, 0.2) is 0 Å². The highest BCUT2D eigenvalue weighted by Gasteiger charge is 2.40. The number of hydrogen-bond donors (Lipinski definition) is 1. The Labute approximate surface area is 80.1 Å². The molecule has 1 fully saturated rings. The van der Waals surface area contributed by atoms with Crippen LogP contribution in [0.4, 0.5) is 0 Å². The summed E-state index contributed by atoms with van der Waals surface area (Å²) in [7, 11) is 0. The molecule has 0 spiro atoms. The first-order valence-corrected chi connectivity index (χ1v) is 4.75. The van der Waals surface area contributed by atoms with Gasteiger partial charge >= 0.3 is 0 Å². The molecule has 1 amide bonds. The van der Waals surface area contributed by atoms with Crippen LogP contribution in [-0.4, -0.2) is 17.0 Å². The number of nitrogens with two attached hydrogens (primary N) is 1. The average molecular weight is 183 g/mol. The van der Waals surface area contributed by atoms with Crippen molar-refractivity contribution in [3.63, 3.8) is 0 Å². The van der Waals surface area contributed by atoms with Gasteiger partial charge in [0, 0.05) is 17.0 Å². The molecule has 3 heteroatoms. The van der Waals surface area contributed by atoms with Crippen LogP contribution in [0.25, 0.3) is 0 Å². The normalized spacial score (nSPS) is 27.1. The highest BCUT2D eigenvalue weighted by atomic mass is 16.1. The summed E-state index contributed by atoms with van der Waals surface area (Å²) in [6, 6.07) is 0. The zero-order valence-electron chi connectivity index (χ0n) is 8.92. The maximum absolute atomic E-state index is 11.1. The summed E-state index contributed by atoms with van der Waals surface area (Å²) in [5.74, 6) is -0.196. The van der Waals surface area contributed by atoms with E-state index in [2.05, 4.69) is 33.0 Å². The maximum Gasteiger partial charge on any atom is 0.220 e. The first kappa shape index (κ1) is 10.5. The lowest BCUT2D eigenvalue weighted by molar-refractivity contribution is -0.124. The molecule has 1 radical (unpaired) electrons. The van der Waals surface area contributed by atoms with Gasteiger partial charge in [-0.15, -0.1) is 0 Å². The molecule has 1 aliphatic heterocycles. The third-order valence-electron chi connectivity index (χ3n) is 2.50. The van der Waals surface area contributed by atoms with Crippen LogP contribution < -0.4 is 11.1 Å². The number of amides is 1. The molecular formula is C10H19N2O. The largest absolute Gasteiger partial charge is 0.369 e. The number of carbonyl (C=O) groups is 1. The Kier molecular flexibility index (Phi) is 2.41. The lowest BCUT2D eigenvalue weighted by Gasteiger charge is -2.43. The van der Waals surface area contributed by atoms with Crippen molar-refractivity contribution in [1.82, 2.24) is 5.32 Å². The van der Waals surface area contributed by atoms with E-state index in [1.165, 1.54) is 0 Å². The summed E-state index contributed by atoms with van der Waals surface area (Å²) < 4.78 is 0. The molecule has 1 saturated heterocycles. The van der Waals surface area contributed by atoms with Crippen molar-refractivity contribution in [2.75, 3.05) is 0 Å². The van der Waals surface area contributed by atoms with E-state index in [1.807, 2.05) is 0 Å². The van der Waals surface area contributed by atoms with E-state index < -0.39 is 0 Å². The van der Waals surface area contributed by atoms with E-state index in [4.69, 9.17) is 5.73 Å². The predicted octanol–water partition coefficient (Wildman–Crippen LogP) is 1.04. The lowest BCUT2D eigenvalue weighted by Crippen LogP contribution is -2.54. The fraction of sp³-hybridized carbons (Fsp3) is 0.900. The molecule has 0 atom stereocenters. The van der Waals surface area contributed by atoms with Crippen molar-refractivity contribution in [3.05, 3.63) is 0 Å². The smallest absolute Gasteiger partial charge is 0.220 e. The average Bonchev–Trinajstić information content (AvgIpc) is 1.79. The summed E-state index contributed by atoms with van der Waals surface area (Å²) in [4.78, 5) is 11.1. The molecule has 0 aromatic carbocycles. The van der Waals surface area contributed by atoms with Gasteiger partial charge in [-0.1, -0.05) is 0 Å². The molecule has 2 N–H and O–H groups in total. The molecule has 13 heavy (non-hydrogen) atoms. The van der Waals surface area contributed by atoms with Gasteiger partial charge in [0.1, 0.15) is 0 Å². The van der Waals surface area contributed by atoms with Crippen molar-refractivity contribution >= 4 is 5.91 Å². The molecule has 1 aliphatic rings. The van der Waals surface area contributed by atoms with Crippen LogP contribution in [0.2, 0.25) is 0 Å². The topological polar surface area (TPSA) is 57.2 Å². The molecule has 0 bridgehead atoms. The second kappa shape index (κ2) is 2.98. The molecule has 75 valence electrons. The minimum absolute atomic E-state index is 0.0116. The van der Waals surface area contributed by atoms with Crippen molar-refractivity contribution in [2.45, 2.75) is 51.6 Å². The van der Waals surface area contributed by atoms with Crippen LogP contribution >= 0.6 is 0 Å². The minimum atomic E-state index is -0.184. The van der Waals surface area contributed by atoms with Crippen LogP contribution in [-0.2, 0) is 4.79 Å². The summed E-state index contributed by atoms with van der Waals surface area (Å²) in [6.45, 7) is 8.24. The standard InChI is InChI=1S/C10H19N2O/c1-9(2)5-7(8(11)13)6-10(3,4)12-9/h7H,5-6H2,1-4H3,(H2,11,13). The molecule has 0 aromatic heterocycles. The Morgan fingerprint density at radius 1 is 1.23 bits per heavy atom. The van der Waals surface area contributed by atoms with Gasteiger partial charge in [0.25, 0.3) is 0 Å². The molecule has 1 rings (SSSR count). The maximum atomic E-state index is 11.1. The molecule has 0 saturated carbocycles. The van der Waals surface area contributed by atoms with Crippen molar-refractivity contribution in [3.8, 4) is 0 Å². The fourth-order valence-electron chi connectivity index (χ4n) is 2.39. The van der Waals surface area contributed by atoms with Crippen LogP contribution in [0, 0.1) is 5.92 Å². The van der Waals surface area contributed by atoms with Gasteiger partial charge in [0.2, 0.25) is 5.91 Å². The summed E-state index contributed by atoms with van der Waals surface area (Å²) in [6.07, 6.45) is 1.57. The first-order chi connectivity index (χ1) is 5.72. The minimum Gasteiger partial charge on any atom is -0.369 e. The number of primary amides is 1. The van der Waals surface area contributed by atoms with Crippen LogP contribution in [0.5, 0.6) is 0 Å². The predicted molar refractivity (Wildman–Crippen MR) is 52.2 cm³/mol. The number of nitrogens with zero attached hydrogens (tertiary/aromatic N) is 1. The van der Waals surface area contributed by atoms with Crippen LogP contribution in [0.15, 0.2) is 0 Å². The third-order valence-corrected chi connectivity index (χ3v) is 2.50. The lowest BCUT2D eigenvalue weighted by atomic mass is 9.76. The second-order valence-corrected chi connectivity index (χ2v) is 5.24. The van der Waals surface area contributed by atoms with E-state index in [0.717, 1.165) is 12.8 Å². The Morgan fingerprint density at radius 2 is 1.62 bits per heavy atom. The van der Waals surface area contributed by atoms with Gasteiger partial charge in [-0.2, -0.15) is 0 Å². The monoisotopic (exact) mass is 183 g/mol. The first-order valence-electron chi connectivity index (χ1n) is 4.75. The summed E-state index contributed by atoms with van der Waals surface area (Å²) in [5.41, 5.74) is 5.11. The zero-order valence-corrected chi connectivity index (χ0v) is 8.92. The highest BCUT2D eigenvalue weighted by Crippen LogP contribution is 2.34. The molecule has 1 heterocycles. The fourth-order valence-corrected chi connectivity index (χ4v) is 2.39. The number of hydrogen-bond acceptors (Lipinski definition) is 1. The Hall–Kier alpha value is -0.570. The van der Waals surface area contributed by atoms with Gasteiger partial charge in [-0.05, 0) is 40.5 Å². The number of rotatable bonds is 1. The van der Waals surface area contributed by atoms with E-state index in [0.29, 0.717) is 0 Å². The second-order valence-electron chi connectivity index (χ2n) is 5.24. The molecule has 3 nitrogen and oxygen atoms in total. The Balaban J connectivity index is 2.78. The SMILES string of the molecule is CC1(C)CC(C(N)=O)CC(C)(C)[N]1. The van der Waals surface area contributed by atoms with Crippen LogP contribution in [0.3, 0.4) is 0 Å². The van der Waals surface area contributed by atoms with Crippen LogP contribution in [0.1, 0.15) is 40.5 Å². The van der Waals surface area contributed by atoms with Crippen molar-refractivity contribution in [1.29, 1.82) is 0 Å². The Morgan fingerprint density at radius 3 is 1.92 bits per heavy atom. The Bertz CT molecular complexity index is 205. The molecule has 0 unspecified atom stereocenters. The van der Waals surface area contributed by atoms with Crippen molar-refractivity contribution in [2.24, 2.45) is 11.7 Å². The molecule has 0 aliphatic carbocycles. The van der Waals surface area contributed by atoms with E-state index >= 15 is 0 Å². The molecular weight excluding hydrogens is 164 g/mol. The van der Waals surface area contributed by atoms with Gasteiger partial charge in [0.05, 0.1) is 0 Å². The number of piperidine rings is 1. The van der Waals surface area contributed by atoms with E-state index in [9.17, 15) is 4.79 Å². The van der Waals surface area contributed by atoms with Crippen molar-refractivity contribution < 1.29 is 4.79 Å². The van der Waals surface area contributed by atoms with Gasteiger partial charge in [-0.3, -0.25) is 4.79 Å².